The summed E-state index contributed by atoms with van der Waals surface area (Å²) in [5.41, 5.74) is 0.514. The summed E-state index contributed by atoms with van der Waals surface area (Å²) in [5.74, 6) is 0.267. The Kier molecular flexibility index (Phi) is 5.15. The largest absolute Gasteiger partial charge is 0.466 e. The van der Waals surface area contributed by atoms with E-state index in [-0.39, 0.29) is 25.0 Å². The molecule has 0 aliphatic carbocycles. The van der Waals surface area contributed by atoms with Crippen molar-refractivity contribution in [2.75, 3.05) is 13.4 Å². The molecule has 1 aliphatic heterocycles. The summed E-state index contributed by atoms with van der Waals surface area (Å²) in [6.07, 6.45) is 0.614. The average Bonchev–Trinajstić information content (AvgIpc) is 3.24. The molecule has 6 heteroatoms. The highest BCUT2D eigenvalue weighted by molar-refractivity contribution is 7.09. The first-order valence-corrected chi connectivity index (χ1v) is 8.67. The molecule has 1 unspecified atom stereocenters. The summed E-state index contributed by atoms with van der Waals surface area (Å²) in [5, 5.41) is 1.96. The fourth-order valence-corrected chi connectivity index (χ4v) is 3.37. The number of rotatable bonds is 7. The van der Waals surface area contributed by atoms with E-state index in [4.69, 9.17) is 14.2 Å². The van der Waals surface area contributed by atoms with Crippen molar-refractivity contribution in [1.82, 2.24) is 0 Å². The fraction of sp³-hybridized carbons (Fsp3) is 0.333. The van der Waals surface area contributed by atoms with Gasteiger partial charge in [-0.15, -0.1) is 11.3 Å². The van der Waals surface area contributed by atoms with Crippen molar-refractivity contribution in [2.24, 2.45) is 5.92 Å². The monoisotopic (exact) mass is 346 g/mol. The van der Waals surface area contributed by atoms with Gasteiger partial charge in [-0.2, -0.15) is 0 Å². The van der Waals surface area contributed by atoms with Gasteiger partial charge in [0.2, 0.25) is 6.79 Å². The van der Waals surface area contributed by atoms with Gasteiger partial charge in [-0.25, -0.2) is 0 Å². The van der Waals surface area contributed by atoms with Gasteiger partial charge in [0, 0.05) is 16.9 Å². The molecule has 0 bridgehead atoms. The second-order valence-electron chi connectivity index (χ2n) is 5.43. The van der Waals surface area contributed by atoms with Crippen LogP contribution in [0.25, 0.3) is 0 Å². The summed E-state index contributed by atoms with van der Waals surface area (Å²) in [4.78, 5) is 25.9. The highest BCUT2D eigenvalue weighted by atomic mass is 32.1. The van der Waals surface area contributed by atoms with Gasteiger partial charge in [0.1, 0.15) is 0 Å². The third-order valence-electron chi connectivity index (χ3n) is 3.77. The van der Waals surface area contributed by atoms with E-state index in [2.05, 4.69) is 0 Å². The Bertz CT molecular complexity index is 723. The van der Waals surface area contributed by atoms with Crippen molar-refractivity contribution < 1.29 is 23.8 Å². The van der Waals surface area contributed by atoms with Crippen LogP contribution in [0.5, 0.6) is 11.5 Å². The molecule has 3 rings (SSSR count). The summed E-state index contributed by atoms with van der Waals surface area (Å²) >= 11 is 1.57. The van der Waals surface area contributed by atoms with Crippen LogP contribution in [0, 0.1) is 5.92 Å². The Balaban J connectivity index is 1.73. The van der Waals surface area contributed by atoms with E-state index in [1.54, 1.807) is 36.5 Å². The highest BCUT2D eigenvalue weighted by Gasteiger charge is 2.25. The number of carbonyl (C=O) groups excluding carboxylic acids is 2. The Morgan fingerprint density at radius 3 is 2.83 bits per heavy atom. The molecule has 0 saturated heterocycles. The zero-order valence-corrected chi connectivity index (χ0v) is 14.1. The first-order valence-electron chi connectivity index (χ1n) is 7.79. The number of esters is 1. The summed E-state index contributed by atoms with van der Waals surface area (Å²) in [7, 11) is 0. The minimum absolute atomic E-state index is 0.108. The number of thiophene rings is 1. The van der Waals surface area contributed by atoms with Gasteiger partial charge < -0.3 is 14.2 Å². The lowest BCUT2D eigenvalue weighted by Gasteiger charge is -2.14. The first-order chi connectivity index (χ1) is 11.7. The molecule has 0 fully saturated rings. The second-order valence-corrected chi connectivity index (χ2v) is 6.46. The number of hydrogen-bond donors (Lipinski definition) is 0. The Hall–Kier alpha value is -2.34. The first kappa shape index (κ1) is 16.5. The predicted octanol–water partition coefficient (Wildman–Crippen LogP) is 3.47. The molecule has 1 atom stereocenters. The lowest BCUT2D eigenvalue weighted by molar-refractivity contribution is -0.147. The molecule has 1 aliphatic rings. The molecular formula is C18H18O5S. The molecular weight excluding hydrogens is 328 g/mol. The fourth-order valence-electron chi connectivity index (χ4n) is 2.58. The quantitative estimate of drug-likeness (QED) is 0.567. The zero-order chi connectivity index (χ0) is 16.9. The van der Waals surface area contributed by atoms with Gasteiger partial charge in [0.15, 0.2) is 17.3 Å². The van der Waals surface area contributed by atoms with Crippen LogP contribution in [0.4, 0.5) is 0 Å². The maximum atomic E-state index is 12.6. The smallest absolute Gasteiger partial charge is 0.309 e. The minimum atomic E-state index is -0.485. The number of hydrogen-bond acceptors (Lipinski definition) is 6. The van der Waals surface area contributed by atoms with Gasteiger partial charge in [-0.1, -0.05) is 6.07 Å². The molecule has 0 saturated carbocycles. The average molecular weight is 346 g/mol. The molecule has 1 aromatic carbocycles. The summed E-state index contributed by atoms with van der Waals surface area (Å²) < 4.78 is 15.7. The Morgan fingerprint density at radius 1 is 1.25 bits per heavy atom. The number of fused-ring (bicyclic) bond motifs is 1. The van der Waals surface area contributed by atoms with Crippen LogP contribution in [-0.4, -0.2) is 25.2 Å². The standard InChI is InChI=1S/C18H18O5S/c1-2-21-18(20)13(8-14-4-3-7-24-14)9-15(19)12-5-6-16-17(10-12)23-11-22-16/h3-7,10,13H,2,8-9,11H2,1H3. The van der Waals surface area contributed by atoms with Crippen LogP contribution < -0.4 is 9.47 Å². The molecule has 0 spiro atoms. The lowest BCUT2D eigenvalue weighted by Crippen LogP contribution is -2.23. The van der Waals surface area contributed by atoms with Crippen LogP contribution in [0.3, 0.4) is 0 Å². The van der Waals surface area contributed by atoms with E-state index in [0.29, 0.717) is 30.1 Å². The second kappa shape index (κ2) is 7.49. The topological polar surface area (TPSA) is 61.8 Å². The maximum Gasteiger partial charge on any atom is 0.309 e. The van der Waals surface area contributed by atoms with Crippen molar-refractivity contribution >= 4 is 23.1 Å². The number of benzene rings is 1. The number of ether oxygens (including phenoxy) is 3. The van der Waals surface area contributed by atoms with E-state index < -0.39 is 5.92 Å². The van der Waals surface area contributed by atoms with Crippen molar-refractivity contribution in [3.8, 4) is 11.5 Å². The van der Waals surface area contributed by atoms with Gasteiger partial charge in [0.25, 0.3) is 0 Å². The van der Waals surface area contributed by atoms with Crippen molar-refractivity contribution in [3.05, 3.63) is 46.2 Å². The van der Waals surface area contributed by atoms with Gasteiger partial charge >= 0.3 is 5.97 Å². The third kappa shape index (κ3) is 3.76. The van der Waals surface area contributed by atoms with Crippen molar-refractivity contribution in [3.63, 3.8) is 0 Å². The number of carbonyl (C=O) groups is 2. The molecule has 0 radical (unpaired) electrons. The van der Waals surface area contributed by atoms with Gasteiger partial charge in [0.05, 0.1) is 12.5 Å². The maximum absolute atomic E-state index is 12.6. The van der Waals surface area contributed by atoms with Gasteiger partial charge in [-0.3, -0.25) is 9.59 Å². The van der Waals surface area contributed by atoms with Crippen molar-refractivity contribution in [1.29, 1.82) is 0 Å². The van der Waals surface area contributed by atoms with E-state index >= 15 is 0 Å². The molecule has 2 heterocycles. The predicted molar refractivity (Wildman–Crippen MR) is 89.7 cm³/mol. The van der Waals surface area contributed by atoms with Crippen LogP contribution in [0.15, 0.2) is 35.7 Å². The minimum Gasteiger partial charge on any atom is -0.466 e. The zero-order valence-electron chi connectivity index (χ0n) is 13.3. The summed E-state index contributed by atoms with van der Waals surface area (Å²) in [6, 6.07) is 8.97. The molecule has 2 aromatic rings. The lowest BCUT2D eigenvalue weighted by atomic mass is 9.94. The number of Topliss-reactive ketones (excluding diaryl/α,β-unsaturated/α-hetero) is 1. The molecule has 1 aromatic heterocycles. The van der Waals surface area contributed by atoms with E-state index in [1.807, 2.05) is 17.5 Å². The highest BCUT2D eigenvalue weighted by Crippen LogP contribution is 2.33. The molecule has 0 amide bonds. The third-order valence-corrected chi connectivity index (χ3v) is 4.67. The summed E-state index contributed by atoms with van der Waals surface area (Å²) in [6.45, 7) is 2.23. The van der Waals surface area contributed by atoms with Crippen LogP contribution in [-0.2, 0) is 16.0 Å². The van der Waals surface area contributed by atoms with Crippen LogP contribution in [0.1, 0.15) is 28.6 Å². The van der Waals surface area contributed by atoms with Crippen LogP contribution in [0.2, 0.25) is 0 Å². The van der Waals surface area contributed by atoms with Crippen LogP contribution >= 0.6 is 11.3 Å². The van der Waals surface area contributed by atoms with E-state index in [9.17, 15) is 9.59 Å². The van der Waals surface area contributed by atoms with E-state index in [1.165, 1.54) is 0 Å². The molecule has 0 N–H and O–H groups in total. The van der Waals surface area contributed by atoms with Crippen molar-refractivity contribution in [2.45, 2.75) is 19.8 Å². The SMILES string of the molecule is CCOC(=O)C(CC(=O)c1ccc2c(c1)OCO2)Cc1cccs1. The van der Waals surface area contributed by atoms with Gasteiger partial charge in [-0.05, 0) is 43.0 Å². The molecule has 126 valence electrons. The normalized spacial score (nSPS) is 13.5. The molecule has 24 heavy (non-hydrogen) atoms. The number of ketones is 1. The Labute approximate surface area is 144 Å². The molecule has 5 nitrogen and oxygen atoms in total. The Morgan fingerprint density at radius 2 is 2.08 bits per heavy atom. The van der Waals surface area contributed by atoms with E-state index in [0.717, 1.165) is 4.88 Å².